The Bertz CT molecular complexity index is 1050. The van der Waals surface area contributed by atoms with Crippen LogP contribution in [-0.4, -0.2) is 48.0 Å². The molecular weight excluding hydrogens is 388 g/mol. The van der Waals surface area contributed by atoms with Crippen molar-refractivity contribution in [2.45, 2.75) is 26.9 Å². The van der Waals surface area contributed by atoms with Gasteiger partial charge in [-0.3, -0.25) is 4.90 Å². The fourth-order valence-corrected chi connectivity index (χ4v) is 4.74. The zero-order valence-corrected chi connectivity index (χ0v) is 17.5. The van der Waals surface area contributed by atoms with Crippen molar-refractivity contribution in [3.63, 3.8) is 0 Å². The minimum absolute atomic E-state index is 0.289. The predicted molar refractivity (Wildman–Crippen MR) is 113 cm³/mol. The lowest BCUT2D eigenvalue weighted by molar-refractivity contribution is 0.0331. The van der Waals surface area contributed by atoms with Gasteiger partial charge in [0.25, 0.3) is 0 Å². The number of aryl methyl sites for hydroxylation is 2. The highest BCUT2D eigenvalue weighted by atomic mass is 32.1. The van der Waals surface area contributed by atoms with Crippen LogP contribution in [0.25, 0.3) is 10.2 Å². The van der Waals surface area contributed by atoms with Crippen LogP contribution in [0.15, 0.2) is 18.2 Å². The summed E-state index contributed by atoms with van der Waals surface area (Å²) in [7, 11) is 0. The summed E-state index contributed by atoms with van der Waals surface area (Å²) < 4.78 is 16.4. The predicted octanol–water partition coefficient (Wildman–Crippen LogP) is 3.48. The summed E-state index contributed by atoms with van der Waals surface area (Å²) in [5.41, 5.74) is 2.37. The van der Waals surface area contributed by atoms with Gasteiger partial charge < -0.3 is 19.5 Å². The van der Waals surface area contributed by atoms with Crippen molar-refractivity contribution in [2.75, 3.05) is 38.4 Å². The molecule has 152 valence electrons. The third-order valence-corrected chi connectivity index (χ3v) is 6.54. The van der Waals surface area contributed by atoms with E-state index in [1.807, 2.05) is 12.1 Å². The zero-order chi connectivity index (χ0) is 19.8. The Balaban J connectivity index is 1.42. The molecule has 0 unspecified atom stereocenters. The number of nitrogens with one attached hydrogen (secondary N) is 1. The number of ether oxygens (including phenoxy) is 3. The first-order valence-electron chi connectivity index (χ1n) is 9.86. The summed E-state index contributed by atoms with van der Waals surface area (Å²) >= 11 is 1.74. The van der Waals surface area contributed by atoms with E-state index in [0.29, 0.717) is 6.54 Å². The Hall–Kier alpha value is -2.42. The molecule has 2 aliphatic rings. The third-order valence-electron chi connectivity index (χ3n) is 5.44. The van der Waals surface area contributed by atoms with Crippen molar-refractivity contribution in [3.05, 3.63) is 40.0 Å². The number of hydrogen-bond donors (Lipinski definition) is 1. The number of rotatable bonds is 5. The van der Waals surface area contributed by atoms with E-state index >= 15 is 0 Å². The van der Waals surface area contributed by atoms with Gasteiger partial charge in [-0.15, -0.1) is 11.3 Å². The highest BCUT2D eigenvalue weighted by Crippen LogP contribution is 2.35. The highest BCUT2D eigenvalue weighted by Gasteiger charge is 2.18. The summed E-state index contributed by atoms with van der Waals surface area (Å²) in [6, 6.07) is 6.03. The van der Waals surface area contributed by atoms with Gasteiger partial charge in [0.05, 0.1) is 25.1 Å². The average Bonchev–Trinajstić information content (AvgIpc) is 3.31. The smallest absolute Gasteiger partial charge is 0.231 e. The lowest BCUT2D eigenvalue weighted by Crippen LogP contribution is -2.36. The number of aromatic nitrogens is 2. The number of morpholine rings is 1. The molecule has 7 nitrogen and oxygen atoms in total. The van der Waals surface area contributed by atoms with E-state index in [1.165, 1.54) is 10.4 Å². The first-order valence-corrected chi connectivity index (χ1v) is 10.7. The second-order valence-electron chi connectivity index (χ2n) is 7.38. The Kier molecular flexibility index (Phi) is 4.99. The summed E-state index contributed by atoms with van der Waals surface area (Å²) in [5.74, 6) is 3.36. The molecule has 0 radical (unpaired) electrons. The molecule has 0 amide bonds. The Morgan fingerprint density at radius 1 is 1.10 bits per heavy atom. The van der Waals surface area contributed by atoms with Gasteiger partial charge in [0.2, 0.25) is 6.79 Å². The van der Waals surface area contributed by atoms with Gasteiger partial charge in [0, 0.05) is 24.5 Å². The van der Waals surface area contributed by atoms with Gasteiger partial charge >= 0.3 is 0 Å². The fraction of sp³-hybridized carbons (Fsp3) is 0.429. The van der Waals surface area contributed by atoms with E-state index in [-0.39, 0.29) is 6.79 Å². The summed E-state index contributed by atoms with van der Waals surface area (Å²) in [5, 5.41) is 4.67. The first kappa shape index (κ1) is 18.6. The van der Waals surface area contributed by atoms with Crippen molar-refractivity contribution in [1.82, 2.24) is 14.9 Å². The molecule has 5 rings (SSSR count). The van der Waals surface area contributed by atoms with Crippen molar-refractivity contribution in [3.8, 4) is 11.5 Å². The number of benzene rings is 1. The Morgan fingerprint density at radius 2 is 1.93 bits per heavy atom. The van der Waals surface area contributed by atoms with E-state index in [4.69, 9.17) is 24.2 Å². The first-order chi connectivity index (χ1) is 14.2. The SMILES string of the molecule is Cc1sc2nc(CN3CCOCC3)nc(NCc3ccc4c(c3)OCO4)c2c1C. The Labute approximate surface area is 173 Å². The fourth-order valence-electron chi connectivity index (χ4n) is 3.69. The third kappa shape index (κ3) is 3.75. The molecule has 0 atom stereocenters. The van der Waals surface area contributed by atoms with Crippen LogP contribution >= 0.6 is 11.3 Å². The molecule has 1 aromatic carbocycles. The second-order valence-corrected chi connectivity index (χ2v) is 8.58. The van der Waals surface area contributed by atoms with E-state index < -0.39 is 0 Å². The molecule has 29 heavy (non-hydrogen) atoms. The summed E-state index contributed by atoms with van der Waals surface area (Å²) in [6.45, 7) is 9.37. The standard InChI is InChI=1S/C21H24N4O3S/c1-13-14(2)29-21-19(13)20(23-18(24-21)11-25-5-7-26-8-6-25)22-10-15-3-4-16-17(9-15)28-12-27-16/h3-4,9H,5-8,10-12H2,1-2H3,(H,22,23,24). The largest absolute Gasteiger partial charge is 0.454 e. The quantitative estimate of drug-likeness (QED) is 0.688. The number of fused-ring (bicyclic) bond motifs is 2. The molecule has 1 saturated heterocycles. The van der Waals surface area contributed by atoms with Gasteiger partial charge in [-0.25, -0.2) is 9.97 Å². The zero-order valence-electron chi connectivity index (χ0n) is 16.7. The van der Waals surface area contributed by atoms with Crippen LogP contribution in [0.3, 0.4) is 0 Å². The van der Waals surface area contributed by atoms with E-state index in [9.17, 15) is 0 Å². The molecule has 1 N–H and O–H groups in total. The monoisotopic (exact) mass is 412 g/mol. The molecule has 0 bridgehead atoms. The molecule has 2 aliphatic heterocycles. The van der Waals surface area contributed by atoms with Crippen LogP contribution in [0.4, 0.5) is 5.82 Å². The minimum atomic E-state index is 0.289. The lowest BCUT2D eigenvalue weighted by atomic mass is 10.2. The molecule has 0 saturated carbocycles. The molecular formula is C21H24N4O3S. The Morgan fingerprint density at radius 3 is 2.79 bits per heavy atom. The molecule has 0 aliphatic carbocycles. The highest BCUT2D eigenvalue weighted by molar-refractivity contribution is 7.18. The van der Waals surface area contributed by atoms with Crippen LogP contribution < -0.4 is 14.8 Å². The average molecular weight is 413 g/mol. The molecule has 4 heterocycles. The van der Waals surface area contributed by atoms with Crippen molar-refractivity contribution >= 4 is 27.4 Å². The summed E-state index contributed by atoms with van der Waals surface area (Å²) in [6.07, 6.45) is 0. The topological polar surface area (TPSA) is 68.7 Å². The maximum Gasteiger partial charge on any atom is 0.231 e. The maximum atomic E-state index is 5.50. The number of nitrogens with zero attached hydrogens (tertiary/aromatic N) is 3. The summed E-state index contributed by atoms with van der Waals surface area (Å²) in [4.78, 5) is 14.4. The molecule has 2 aromatic heterocycles. The van der Waals surface area contributed by atoms with E-state index in [0.717, 1.165) is 71.8 Å². The van der Waals surface area contributed by atoms with Gasteiger partial charge in [-0.2, -0.15) is 0 Å². The van der Waals surface area contributed by atoms with Crippen molar-refractivity contribution in [2.24, 2.45) is 0 Å². The molecule has 1 fully saturated rings. The van der Waals surface area contributed by atoms with E-state index in [1.54, 1.807) is 11.3 Å². The maximum absolute atomic E-state index is 5.50. The van der Waals surface area contributed by atoms with Crippen LogP contribution in [0.5, 0.6) is 11.5 Å². The normalized spacial score (nSPS) is 16.5. The number of anilines is 1. The molecule has 0 spiro atoms. The van der Waals surface area contributed by atoms with Crippen molar-refractivity contribution in [1.29, 1.82) is 0 Å². The van der Waals surface area contributed by atoms with Crippen LogP contribution in [0.1, 0.15) is 21.8 Å². The second kappa shape index (κ2) is 7.78. The van der Waals surface area contributed by atoms with Crippen molar-refractivity contribution < 1.29 is 14.2 Å². The van der Waals surface area contributed by atoms with Gasteiger partial charge in [-0.05, 0) is 37.1 Å². The molecule has 8 heteroatoms. The van der Waals surface area contributed by atoms with Crippen LogP contribution in [0, 0.1) is 13.8 Å². The van der Waals surface area contributed by atoms with E-state index in [2.05, 4.69) is 30.1 Å². The number of hydrogen-bond acceptors (Lipinski definition) is 8. The van der Waals surface area contributed by atoms with Crippen LogP contribution in [-0.2, 0) is 17.8 Å². The van der Waals surface area contributed by atoms with Crippen LogP contribution in [0.2, 0.25) is 0 Å². The molecule has 3 aromatic rings. The minimum Gasteiger partial charge on any atom is -0.454 e. The van der Waals surface area contributed by atoms with Gasteiger partial charge in [0.1, 0.15) is 16.5 Å². The number of thiophene rings is 1. The lowest BCUT2D eigenvalue weighted by Gasteiger charge is -2.25. The van der Waals surface area contributed by atoms with Gasteiger partial charge in [0.15, 0.2) is 11.5 Å². The van der Waals surface area contributed by atoms with Gasteiger partial charge in [-0.1, -0.05) is 6.07 Å².